The fourth-order valence-electron chi connectivity index (χ4n) is 1.40. The average molecular weight is 263 g/mol. The van der Waals surface area contributed by atoms with Gasteiger partial charge in [-0.25, -0.2) is 0 Å². The van der Waals surface area contributed by atoms with Crippen molar-refractivity contribution in [1.29, 1.82) is 0 Å². The topological polar surface area (TPSA) is 53.9 Å². The van der Waals surface area contributed by atoms with E-state index < -0.39 is 0 Å². The van der Waals surface area contributed by atoms with E-state index in [1.54, 1.807) is 6.20 Å². The molecule has 0 amide bonds. The van der Waals surface area contributed by atoms with Crippen molar-refractivity contribution < 1.29 is 0 Å². The molecule has 0 saturated heterocycles. The molecule has 2 rings (SSSR count). The summed E-state index contributed by atoms with van der Waals surface area (Å²) in [6, 6.07) is 5.78. The van der Waals surface area contributed by atoms with Crippen LogP contribution >= 0.6 is 11.3 Å². The van der Waals surface area contributed by atoms with E-state index in [0.717, 1.165) is 35.5 Å². The molecule has 5 nitrogen and oxygen atoms in total. The van der Waals surface area contributed by atoms with Gasteiger partial charge in [0.1, 0.15) is 5.69 Å². The summed E-state index contributed by atoms with van der Waals surface area (Å²) in [7, 11) is 2.10. The average Bonchev–Trinajstić information content (AvgIpc) is 2.88. The number of rotatable bonds is 6. The lowest BCUT2D eigenvalue weighted by Gasteiger charge is -2.12. The predicted molar refractivity (Wildman–Crippen MR) is 74.8 cm³/mol. The van der Waals surface area contributed by atoms with E-state index in [-0.39, 0.29) is 0 Å². The first-order valence-corrected chi connectivity index (χ1v) is 6.78. The standard InChI is InChI=1S/C12H17N5S/c1-3-17(2)9-8-14-12-16-15-11(18-12)10-6-4-5-7-13-10/h4-7H,3,8-9H2,1-2H3,(H,14,16). The Morgan fingerprint density at radius 1 is 1.33 bits per heavy atom. The first kappa shape index (κ1) is 12.9. The van der Waals surface area contributed by atoms with Crippen molar-refractivity contribution in [3.8, 4) is 10.7 Å². The zero-order chi connectivity index (χ0) is 12.8. The summed E-state index contributed by atoms with van der Waals surface area (Å²) in [4.78, 5) is 6.50. The van der Waals surface area contributed by atoms with E-state index in [0.29, 0.717) is 0 Å². The van der Waals surface area contributed by atoms with Crippen LogP contribution in [0.3, 0.4) is 0 Å². The smallest absolute Gasteiger partial charge is 0.206 e. The second-order valence-electron chi connectivity index (χ2n) is 3.95. The van der Waals surface area contributed by atoms with Gasteiger partial charge in [0.15, 0.2) is 5.01 Å². The Bertz CT molecular complexity index is 470. The van der Waals surface area contributed by atoms with E-state index in [4.69, 9.17) is 0 Å². The maximum absolute atomic E-state index is 4.26. The Kier molecular flexibility index (Phi) is 4.60. The Morgan fingerprint density at radius 2 is 2.22 bits per heavy atom. The molecule has 2 heterocycles. The number of hydrogen-bond acceptors (Lipinski definition) is 6. The maximum atomic E-state index is 4.26. The molecule has 96 valence electrons. The van der Waals surface area contributed by atoms with Crippen LogP contribution in [0.2, 0.25) is 0 Å². The SMILES string of the molecule is CCN(C)CCNc1nnc(-c2ccccn2)s1. The van der Waals surface area contributed by atoms with Crippen LogP contribution in [0.1, 0.15) is 6.92 Å². The summed E-state index contributed by atoms with van der Waals surface area (Å²) < 4.78 is 0. The molecule has 2 aromatic heterocycles. The second kappa shape index (κ2) is 6.42. The van der Waals surface area contributed by atoms with Crippen molar-refractivity contribution in [2.75, 3.05) is 32.0 Å². The van der Waals surface area contributed by atoms with Crippen LogP contribution in [0.15, 0.2) is 24.4 Å². The Hall–Kier alpha value is -1.53. The molecule has 6 heteroatoms. The van der Waals surface area contributed by atoms with Gasteiger partial charge in [0, 0.05) is 19.3 Å². The van der Waals surface area contributed by atoms with E-state index in [1.807, 2.05) is 18.2 Å². The van der Waals surface area contributed by atoms with Crippen LogP contribution in [-0.2, 0) is 0 Å². The van der Waals surface area contributed by atoms with E-state index in [1.165, 1.54) is 11.3 Å². The van der Waals surface area contributed by atoms with Crippen LogP contribution in [-0.4, -0.2) is 46.8 Å². The molecule has 0 aliphatic carbocycles. The van der Waals surface area contributed by atoms with Crippen molar-refractivity contribution in [3.05, 3.63) is 24.4 Å². The Morgan fingerprint density at radius 3 is 2.94 bits per heavy atom. The van der Waals surface area contributed by atoms with Crippen molar-refractivity contribution in [3.63, 3.8) is 0 Å². The molecule has 0 fully saturated rings. The monoisotopic (exact) mass is 263 g/mol. The quantitative estimate of drug-likeness (QED) is 0.863. The third kappa shape index (κ3) is 3.48. The molecule has 0 aliphatic rings. The van der Waals surface area contributed by atoms with Crippen molar-refractivity contribution in [2.24, 2.45) is 0 Å². The van der Waals surface area contributed by atoms with Crippen LogP contribution in [0.4, 0.5) is 5.13 Å². The second-order valence-corrected chi connectivity index (χ2v) is 4.93. The minimum absolute atomic E-state index is 0.847. The molecule has 0 unspecified atom stereocenters. The summed E-state index contributed by atoms with van der Waals surface area (Å²) in [5, 5.41) is 13.2. The maximum Gasteiger partial charge on any atom is 0.206 e. The van der Waals surface area contributed by atoms with E-state index >= 15 is 0 Å². The largest absolute Gasteiger partial charge is 0.359 e. The fraction of sp³-hybridized carbons (Fsp3) is 0.417. The first-order valence-electron chi connectivity index (χ1n) is 5.97. The number of nitrogens with one attached hydrogen (secondary N) is 1. The molecule has 0 spiro atoms. The van der Waals surface area contributed by atoms with Gasteiger partial charge in [-0.15, -0.1) is 10.2 Å². The lowest BCUT2D eigenvalue weighted by Crippen LogP contribution is -2.24. The number of hydrogen-bond donors (Lipinski definition) is 1. The number of nitrogens with zero attached hydrogens (tertiary/aromatic N) is 4. The van der Waals surface area contributed by atoms with Gasteiger partial charge in [0.25, 0.3) is 0 Å². The minimum Gasteiger partial charge on any atom is -0.359 e. The van der Waals surface area contributed by atoms with E-state index in [9.17, 15) is 0 Å². The molecule has 0 aromatic carbocycles. The Labute approximate surface area is 111 Å². The van der Waals surface area contributed by atoms with Gasteiger partial charge in [-0.1, -0.05) is 24.3 Å². The van der Waals surface area contributed by atoms with Gasteiger partial charge in [-0.3, -0.25) is 4.98 Å². The van der Waals surface area contributed by atoms with Crippen LogP contribution in [0.5, 0.6) is 0 Å². The highest BCUT2D eigenvalue weighted by molar-refractivity contribution is 7.18. The fourth-order valence-corrected chi connectivity index (χ4v) is 2.15. The Balaban J connectivity index is 1.91. The highest BCUT2D eigenvalue weighted by Gasteiger charge is 2.06. The molecular weight excluding hydrogens is 246 g/mol. The molecule has 1 N–H and O–H groups in total. The number of anilines is 1. The molecular formula is C12H17N5S. The molecule has 2 aromatic rings. The zero-order valence-corrected chi connectivity index (χ0v) is 11.4. The first-order chi connectivity index (χ1) is 8.79. The highest BCUT2D eigenvalue weighted by Crippen LogP contribution is 2.23. The molecule has 0 radical (unpaired) electrons. The predicted octanol–water partition coefficient (Wildman–Crippen LogP) is 1.96. The van der Waals surface area contributed by atoms with Gasteiger partial charge in [0.2, 0.25) is 5.13 Å². The van der Waals surface area contributed by atoms with Crippen LogP contribution in [0.25, 0.3) is 10.7 Å². The number of likely N-dealkylation sites (N-methyl/N-ethyl adjacent to an activating group) is 1. The van der Waals surface area contributed by atoms with Gasteiger partial charge in [0.05, 0.1) is 0 Å². The number of aromatic nitrogens is 3. The molecule has 0 bridgehead atoms. The van der Waals surface area contributed by atoms with Crippen LogP contribution < -0.4 is 5.32 Å². The molecule has 0 aliphatic heterocycles. The minimum atomic E-state index is 0.847. The van der Waals surface area contributed by atoms with Gasteiger partial charge in [-0.05, 0) is 25.7 Å². The van der Waals surface area contributed by atoms with Crippen molar-refractivity contribution in [2.45, 2.75) is 6.92 Å². The summed E-state index contributed by atoms with van der Waals surface area (Å²) in [6.07, 6.45) is 1.76. The zero-order valence-electron chi connectivity index (χ0n) is 10.6. The highest BCUT2D eigenvalue weighted by atomic mass is 32.1. The van der Waals surface area contributed by atoms with E-state index in [2.05, 4.69) is 39.4 Å². The summed E-state index contributed by atoms with van der Waals surface area (Å²) in [5.74, 6) is 0. The molecule has 0 atom stereocenters. The normalized spacial score (nSPS) is 10.8. The van der Waals surface area contributed by atoms with Gasteiger partial charge >= 0.3 is 0 Å². The van der Waals surface area contributed by atoms with Crippen molar-refractivity contribution >= 4 is 16.5 Å². The molecule has 18 heavy (non-hydrogen) atoms. The summed E-state index contributed by atoms with van der Waals surface area (Å²) in [5.41, 5.74) is 0.869. The third-order valence-corrected chi connectivity index (χ3v) is 3.52. The third-order valence-electron chi connectivity index (χ3n) is 2.62. The van der Waals surface area contributed by atoms with Gasteiger partial charge < -0.3 is 10.2 Å². The lowest BCUT2D eigenvalue weighted by molar-refractivity contribution is 0.367. The summed E-state index contributed by atoms with van der Waals surface area (Å²) >= 11 is 1.53. The van der Waals surface area contributed by atoms with Gasteiger partial charge in [-0.2, -0.15) is 0 Å². The van der Waals surface area contributed by atoms with Crippen molar-refractivity contribution in [1.82, 2.24) is 20.1 Å². The molecule has 0 saturated carbocycles. The number of pyridine rings is 1. The van der Waals surface area contributed by atoms with Crippen LogP contribution in [0, 0.1) is 0 Å². The lowest BCUT2D eigenvalue weighted by atomic mass is 10.4. The summed E-state index contributed by atoms with van der Waals surface area (Å²) in [6.45, 7) is 5.07.